The molecule has 3 aliphatic rings. The third-order valence-corrected chi connectivity index (χ3v) is 7.86. The van der Waals surface area contributed by atoms with Crippen LogP contribution in [-0.2, 0) is 16.2 Å². The standard InChI is InChI=1S/C30H26N4O3/c1-18-13-24(16-32-34-29(35)27-20-7-8-21(14-20)28(27)30(34)36)19(2)33(18)25-9-11-26(12-10-25)37-17-23-6-4-3-5-22(23)15-31/h3-13,16,20-21,27-28H,14,17H2,1-2H3. The number of hydrazone groups is 1. The first-order chi connectivity index (χ1) is 18.0. The topological polar surface area (TPSA) is 87.7 Å². The van der Waals surface area contributed by atoms with Crippen LogP contribution >= 0.6 is 0 Å². The lowest BCUT2D eigenvalue weighted by Gasteiger charge is -2.13. The van der Waals surface area contributed by atoms with Gasteiger partial charge in [-0.15, -0.1) is 0 Å². The zero-order valence-electron chi connectivity index (χ0n) is 20.7. The number of fused-ring (bicyclic) bond motifs is 5. The Morgan fingerprint density at radius 2 is 1.70 bits per heavy atom. The molecule has 2 aromatic carbocycles. The lowest BCUT2D eigenvalue weighted by Crippen LogP contribution is -2.28. The van der Waals surface area contributed by atoms with E-state index in [2.05, 4.69) is 27.9 Å². The van der Waals surface area contributed by atoms with Gasteiger partial charge in [-0.05, 0) is 68.5 Å². The van der Waals surface area contributed by atoms with Crippen LogP contribution in [0.5, 0.6) is 5.75 Å². The first kappa shape index (κ1) is 23.0. The molecule has 184 valence electrons. The second-order valence-corrected chi connectivity index (χ2v) is 9.95. The van der Waals surface area contributed by atoms with Gasteiger partial charge in [-0.3, -0.25) is 9.59 Å². The molecule has 7 heteroatoms. The minimum absolute atomic E-state index is 0.171. The van der Waals surface area contributed by atoms with Crippen LogP contribution in [0.15, 0.2) is 71.9 Å². The Hall–Kier alpha value is -4.44. The van der Waals surface area contributed by atoms with Gasteiger partial charge in [0.25, 0.3) is 11.8 Å². The van der Waals surface area contributed by atoms with E-state index in [4.69, 9.17) is 4.74 Å². The molecule has 4 atom stereocenters. The summed E-state index contributed by atoms with van der Waals surface area (Å²) in [6.07, 6.45) is 6.69. The molecule has 6 rings (SSSR count). The molecule has 37 heavy (non-hydrogen) atoms. The molecule has 7 nitrogen and oxygen atoms in total. The summed E-state index contributed by atoms with van der Waals surface area (Å²) < 4.78 is 8.00. The molecule has 2 amide bonds. The van der Waals surface area contributed by atoms with Gasteiger partial charge in [0.2, 0.25) is 0 Å². The summed E-state index contributed by atoms with van der Waals surface area (Å²) in [6, 6.07) is 19.3. The predicted molar refractivity (Wildman–Crippen MR) is 138 cm³/mol. The fourth-order valence-electron chi connectivity index (χ4n) is 6.04. The van der Waals surface area contributed by atoms with Crippen molar-refractivity contribution in [3.8, 4) is 17.5 Å². The van der Waals surface area contributed by atoms with Gasteiger partial charge < -0.3 is 9.30 Å². The summed E-state index contributed by atoms with van der Waals surface area (Å²) in [5.74, 6) is 0.201. The van der Waals surface area contributed by atoms with E-state index in [-0.39, 0.29) is 35.5 Å². The number of hydrogen-bond donors (Lipinski definition) is 0. The Labute approximate surface area is 215 Å². The average Bonchev–Trinajstić information content (AvgIpc) is 3.66. The lowest BCUT2D eigenvalue weighted by atomic mass is 9.85. The largest absolute Gasteiger partial charge is 0.489 e. The number of imide groups is 1. The average molecular weight is 491 g/mol. The highest BCUT2D eigenvalue weighted by Gasteiger charge is 2.59. The fourth-order valence-corrected chi connectivity index (χ4v) is 6.04. The summed E-state index contributed by atoms with van der Waals surface area (Å²) in [7, 11) is 0. The number of rotatable bonds is 6. The smallest absolute Gasteiger partial charge is 0.254 e. The molecule has 0 radical (unpaired) electrons. The number of allylic oxidation sites excluding steroid dienone is 2. The second-order valence-electron chi connectivity index (χ2n) is 9.95. The van der Waals surface area contributed by atoms with Crippen molar-refractivity contribution in [1.29, 1.82) is 5.26 Å². The van der Waals surface area contributed by atoms with E-state index >= 15 is 0 Å². The molecular formula is C30H26N4O3. The number of nitrogens with zero attached hydrogens (tertiary/aromatic N) is 4. The number of hydrogen-bond acceptors (Lipinski definition) is 5. The van der Waals surface area contributed by atoms with Crippen LogP contribution in [0, 0.1) is 48.9 Å². The molecule has 2 bridgehead atoms. The normalized spacial score (nSPS) is 23.8. The Kier molecular flexibility index (Phi) is 5.53. The highest BCUT2D eigenvalue weighted by Crippen LogP contribution is 2.52. The number of ether oxygens (including phenoxy) is 1. The number of amides is 2. The summed E-state index contributed by atoms with van der Waals surface area (Å²) in [5.41, 5.74) is 5.23. The van der Waals surface area contributed by atoms with Crippen LogP contribution < -0.4 is 4.74 Å². The quantitative estimate of drug-likeness (QED) is 0.285. The van der Waals surface area contributed by atoms with Crippen molar-refractivity contribution in [2.24, 2.45) is 28.8 Å². The molecule has 3 aromatic rings. The van der Waals surface area contributed by atoms with E-state index in [0.717, 1.165) is 39.6 Å². The Balaban J connectivity index is 1.18. The number of aryl methyl sites for hydroxylation is 1. The van der Waals surface area contributed by atoms with Gasteiger partial charge in [0.1, 0.15) is 12.4 Å². The number of nitriles is 1. The lowest BCUT2D eigenvalue weighted by molar-refractivity contribution is -0.140. The fraction of sp³-hybridized carbons (Fsp3) is 0.267. The summed E-state index contributed by atoms with van der Waals surface area (Å²) in [6.45, 7) is 4.32. The number of carbonyl (C=O) groups excluding carboxylic acids is 2. The zero-order valence-corrected chi connectivity index (χ0v) is 20.7. The molecule has 1 aliphatic heterocycles. The first-order valence-corrected chi connectivity index (χ1v) is 12.5. The van der Waals surface area contributed by atoms with Gasteiger partial charge in [-0.2, -0.15) is 15.4 Å². The van der Waals surface area contributed by atoms with Crippen molar-refractivity contribution in [2.75, 3.05) is 0 Å². The number of aromatic nitrogens is 1. The Morgan fingerprint density at radius 1 is 1.03 bits per heavy atom. The maximum Gasteiger partial charge on any atom is 0.254 e. The van der Waals surface area contributed by atoms with Crippen LogP contribution in [0.4, 0.5) is 0 Å². The highest BCUT2D eigenvalue weighted by molar-refractivity contribution is 6.06. The summed E-state index contributed by atoms with van der Waals surface area (Å²) >= 11 is 0. The van der Waals surface area contributed by atoms with Crippen LogP contribution in [0.1, 0.15) is 34.5 Å². The molecule has 1 aromatic heterocycles. The van der Waals surface area contributed by atoms with E-state index in [9.17, 15) is 14.9 Å². The third-order valence-electron chi connectivity index (χ3n) is 7.86. The molecule has 1 saturated heterocycles. The molecule has 0 spiro atoms. The van der Waals surface area contributed by atoms with Crippen molar-refractivity contribution in [3.63, 3.8) is 0 Å². The first-order valence-electron chi connectivity index (χ1n) is 12.5. The predicted octanol–water partition coefficient (Wildman–Crippen LogP) is 4.69. The maximum absolute atomic E-state index is 12.9. The van der Waals surface area contributed by atoms with Crippen LogP contribution in [0.3, 0.4) is 0 Å². The van der Waals surface area contributed by atoms with Crippen LogP contribution in [0.25, 0.3) is 5.69 Å². The van der Waals surface area contributed by atoms with Crippen LogP contribution in [0.2, 0.25) is 0 Å². The van der Waals surface area contributed by atoms with Gasteiger partial charge in [0.15, 0.2) is 0 Å². The van der Waals surface area contributed by atoms with Gasteiger partial charge in [-0.25, -0.2) is 0 Å². The number of benzene rings is 2. The van der Waals surface area contributed by atoms with E-state index in [1.165, 1.54) is 0 Å². The van der Waals surface area contributed by atoms with Crippen molar-refractivity contribution in [3.05, 3.63) is 94.8 Å². The Morgan fingerprint density at radius 3 is 2.38 bits per heavy atom. The zero-order chi connectivity index (χ0) is 25.7. The summed E-state index contributed by atoms with van der Waals surface area (Å²) in [4.78, 5) is 25.8. The molecule has 1 saturated carbocycles. The molecule has 2 aliphatic carbocycles. The van der Waals surface area contributed by atoms with Crippen LogP contribution in [-0.4, -0.2) is 27.6 Å². The van der Waals surface area contributed by atoms with E-state index in [1.807, 2.05) is 62.4 Å². The van der Waals surface area contributed by atoms with E-state index < -0.39 is 0 Å². The molecule has 2 heterocycles. The number of carbonyl (C=O) groups is 2. The van der Waals surface area contributed by atoms with Gasteiger partial charge in [0, 0.05) is 28.2 Å². The maximum atomic E-state index is 12.9. The molecule has 0 N–H and O–H groups in total. The minimum Gasteiger partial charge on any atom is -0.489 e. The molecule has 4 unspecified atom stereocenters. The second kappa shape index (κ2) is 8.90. The monoisotopic (exact) mass is 490 g/mol. The van der Waals surface area contributed by atoms with Crippen molar-refractivity contribution in [2.45, 2.75) is 26.9 Å². The van der Waals surface area contributed by atoms with Gasteiger partial charge in [0.05, 0.1) is 29.7 Å². The van der Waals surface area contributed by atoms with Crippen molar-refractivity contribution in [1.82, 2.24) is 9.58 Å². The van der Waals surface area contributed by atoms with Crippen molar-refractivity contribution >= 4 is 18.0 Å². The minimum atomic E-state index is -0.249. The molecule has 2 fully saturated rings. The van der Waals surface area contributed by atoms with E-state index in [0.29, 0.717) is 17.9 Å². The SMILES string of the molecule is Cc1cc(C=NN2C(=O)C3C4C=CC(C4)C3C2=O)c(C)n1-c1ccc(OCc2ccccc2C#N)cc1. The highest BCUT2D eigenvalue weighted by atomic mass is 16.5. The molecular weight excluding hydrogens is 464 g/mol. The van der Waals surface area contributed by atoms with Gasteiger partial charge >= 0.3 is 0 Å². The Bertz CT molecular complexity index is 1480. The van der Waals surface area contributed by atoms with Gasteiger partial charge in [-0.1, -0.05) is 30.4 Å². The third kappa shape index (κ3) is 3.77. The van der Waals surface area contributed by atoms with E-state index in [1.54, 1.807) is 12.3 Å². The summed E-state index contributed by atoms with van der Waals surface area (Å²) in [5, 5.41) is 14.7. The van der Waals surface area contributed by atoms with Crippen molar-refractivity contribution < 1.29 is 14.3 Å².